The molecule has 1 aliphatic heterocycles. The molecule has 28 heavy (non-hydrogen) atoms. The minimum absolute atomic E-state index is 0.0648. The first-order chi connectivity index (χ1) is 13.7. The van der Waals surface area contributed by atoms with Gasteiger partial charge in [0.2, 0.25) is 5.91 Å². The number of aryl methyl sites for hydroxylation is 1. The van der Waals surface area contributed by atoms with E-state index in [9.17, 15) is 9.59 Å². The number of hydrogen-bond acceptors (Lipinski definition) is 6. The molecule has 1 amide bonds. The van der Waals surface area contributed by atoms with Crippen LogP contribution >= 0.6 is 11.8 Å². The molecule has 3 rings (SSSR count). The van der Waals surface area contributed by atoms with Crippen LogP contribution in [-0.4, -0.2) is 57.2 Å². The van der Waals surface area contributed by atoms with Gasteiger partial charge in [-0.2, -0.15) is 11.8 Å². The van der Waals surface area contributed by atoms with Gasteiger partial charge in [-0.05, 0) is 18.6 Å². The first-order valence-electron chi connectivity index (χ1n) is 9.33. The smallest absolute Gasteiger partial charge is 0.273 e. The van der Waals surface area contributed by atoms with Crippen molar-refractivity contribution in [2.75, 3.05) is 31.2 Å². The van der Waals surface area contributed by atoms with Crippen molar-refractivity contribution < 1.29 is 9.53 Å². The highest BCUT2D eigenvalue weighted by Crippen LogP contribution is 2.20. The van der Waals surface area contributed by atoms with E-state index in [2.05, 4.69) is 21.8 Å². The minimum Gasteiger partial charge on any atom is -0.493 e. The number of hydrogen-bond donors (Lipinski definition) is 1. The summed E-state index contributed by atoms with van der Waals surface area (Å²) in [5, 5.41) is 8.19. The number of amides is 1. The number of nitrogens with zero attached hydrogens (tertiary/aromatic N) is 3. The molecule has 8 heteroatoms. The largest absolute Gasteiger partial charge is 0.493 e. The maximum Gasteiger partial charge on any atom is 0.273 e. The molecule has 1 fully saturated rings. The molecule has 0 saturated carbocycles. The number of aromatic amines is 1. The Morgan fingerprint density at radius 1 is 1.32 bits per heavy atom. The number of ether oxygens (including phenoxy) is 1. The summed E-state index contributed by atoms with van der Waals surface area (Å²) in [6.07, 6.45) is 3.11. The lowest BCUT2D eigenvalue weighted by Gasteiger charge is -2.26. The predicted molar refractivity (Wildman–Crippen MR) is 111 cm³/mol. The standard InChI is InChI=1S/C20H24N4O3S/c1-2-3-11-27-16-6-4-5-15(14-16)19-21-20(26)17(22-23-19)7-8-18(25)24-9-12-28-13-10-24/h2,4-6,14H,1,3,7-13H2,(H,21,23,26). The van der Waals surface area contributed by atoms with Crippen LogP contribution in [0, 0.1) is 0 Å². The van der Waals surface area contributed by atoms with Crippen LogP contribution in [-0.2, 0) is 11.2 Å². The Bertz CT molecular complexity index is 878. The zero-order chi connectivity index (χ0) is 19.8. The molecule has 0 radical (unpaired) electrons. The molecule has 2 heterocycles. The fourth-order valence-corrected chi connectivity index (χ4v) is 3.75. The van der Waals surface area contributed by atoms with Gasteiger partial charge in [-0.1, -0.05) is 18.2 Å². The number of aromatic nitrogens is 3. The van der Waals surface area contributed by atoms with Gasteiger partial charge in [0.1, 0.15) is 11.4 Å². The Balaban J connectivity index is 1.63. The molecule has 0 spiro atoms. The third-order valence-corrected chi connectivity index (χ3v) is 5.34. The molecule has 1 aromatic heterocycles. The Hall–Kier alpha value is -2.61. The van der Waals surface area contributed by atoms with Crippen molar-refractivity contribution in [2.45, 2.75) is 19.3 Å². The van der Waals surface area contributed by atoms with E-state index in [-0.39, 0.29) is 30.0 Å². The first-order valence-corrected chi connectivity index (χ1v) is 10.5. The van der Waals surface area contributed by atoms with E-state index in [0.29, 0.717) is 23.7 Å². The summed E-state index contributed by atoms with van der Waals surface area (Å²) in [4.78, 5) is 29.2. The highest BCUT2D eigenvalue weighted by atomic mass is 32.2. The number of H-pyrrole nitrogens is 1. The van der Waals surface area contributed by atoms with Gasteiger partial charge in [0.25, 0.3) is 5.56 Å². The quantitative estimate of drug-likeness (QED) is 0.540. The zero-order valence-corrected chi connectivity index (χ0v) is 16.5. The fourth-order valence-electron chi connectivity index (χ4n) is 2.84. The van der Waals surface area contributed by atoms with Crippen LogP contribution in [0.4, 0.5) is 0 Å². The summed E-state index contributed by atoms with van der Waals surface area (Å²) in [7, 11) is 0. The molecule has 1 N–H and O–H groups in total. The molecule has 0 unspecified atom stereocenters. The Morgan fingerprint density at radius 3 is 2.89 bits per heavy atom. The molecular weight excluding hydrogens is 376 g/mol. The summed E-state index contributed by atoms with van der Waals surface area (Å²) in [5.41, 5.74) is 0.681. The normalized spacial score (nSPS) is 13.9. The molecular formula is C20H24N4O3S. The van der Waals surface area contributed by atoms with Gasteiger partial charge in [-0.3, -0.25) is 9.59 Å². The van der Waals surface area contributed by atoms with E-state index in [4.69, 9.17) is 4.74 Å². The highest BCUT2D eigenvalue weighted by Gasteiger charge is 2.17. The van der Waals surface area contributed by atoms with Gasteiger partial charge in [0.15, 0.2) is 5.82 Å². The number of rotatable bonds is 8. The summed E-state index contributed by atoms with van der Waals surface area (Å²) in [6, 6.07) is 7.32. The number of thioether (sulfide) groups is 1. The summed E-state index contributed by atoms with van der Waals surface area (Å²) < 4.78 is 5.63. The SMILES string of the molecule is C=CCCOc1cccc(-c2nnc(CCC(=O)N3CCSCC3)c(=O)[nH]2)c1. The Morgan fingerprint density at radius 2 is 2.14 bits per heavy atom. The molecule has 0 bridgehead atoms. The monoisotopic (exact) mass is 400 g/mol. The van der Waals surface area contributed by atoms with Crippen LogP contribution < -0.4 is 10.3 Å². The van der Waals surface area contributed by atoms with Crippen molar-refractivity contribution in [1.29, 1.82) is 0 Å². The van der Waals surface area contributed by atoms with Crippen LogP contribution in [0.25, 0.3) is 11.4 Å². The third-order valence-electron chi connectivity index (χ3n) is 4.40. The van der Waals surface area contributed by atoms with Crippen molar-refractivity contribution in [1.82, 2.24) is 20.1 Å². The van der Waals surface area contributed by atoms with Gasteiger partial charge in [-0.15, -0.1) is 16.8 Å². The molecule has 7 nitrogen and oxygen atoms in total. The van der Waals surface area contributed by atoms with Crippen molar-refractivity contribution >= 4 is 17.7 Å². The average molecular weight is 401 g/mol. The Labute approximate surface area is 168 Å². The van der Waals surface area contributed by atoms with Crippen LogP contribution in [0.15, 0.2) is 41.7 Å². The van der Waals surface area contributed by atoms with Gasteiger partial charge in [-0.25, -0.2) is 0 Å². The van der Waals surface area contributed by atoms with Gasteiger partial charge >= 0.3 is 0 Å². The highest BCUT2D eigenvalue weighted by molar-refractivity contribution is 7.99. The van der Waals surface area contributed by atoms with E-state index in [0.717, 1.165) is 31.0 Å². The lowest BCUT2D eigenvalue weighted by atomic mass is 10.2. The second kappa shape index (κ2) is 10.1. The van der Waals surface area contributed by atoms with Crippen LogP contribution in [0.5, 0.6) is 5.75 Å². The number of carbonyl (C=O) groups excluding carboxylic acids is 1. The molecule has 2 aromatic rings. The Kier molecular flexibility index (Phi) is 7.25. The van der Waals surface area contributed by atoms with E-state index >= 15 is 0 Å². The lowest BCUT2D eigenvalue weighted by Crippen LogP contribution is -2.38. The van der Waals surface area contributed by atoms with Gasteiger partial charge in [0, 0.05) is 43.0 Å². The van der Waals surface area contributed by atoms with Crippen molar-refractivity contribution in [2.24, 2.45) is 0 Å². The minimum atomic E-state index is -0.315. The van der Waals surface area contributed by atoms with Crippen LogP contribution in [0.3, 0.4) is 0 Å². The lowest BCUT2D eigenvalue weighted by molar-refractivity contribution is -0.130. The molecule has 1 aromatic carbocycles. The van der Waals surface area contributed by atoms with Crippen molar-refractivity contribution in [3.8, 4) is 17.1 Å². The third kappa shape index (κ3) is 5.45. The van der Waals surface area contributed by atoms with E-state index in [1.54, 1.807) is 12.1 Å². The fraction of sp³-hybridized carbons (Fsp3) is 0.400. The number of nitrogens with one attached hydrogen (secondary N) is 1. The predicted octanol–water partition coefficient (Wildman–Crippen LogP) is 2.29. The topological polar surface area (TPSA) is 88.2 Å². The van der Waals surface area contributed by atoms with Crippen LogP contribution in [0.2, 0.25) is 0 Å². The van der Waals surface area contributed by atoms with Gasteiger partial charge < -0.3 is 14.6 Å². The second-order valence-electron chi connectivity index (χ2n) is 6.40. The molecule has 148 valence electrons. The maximum atomic E-state index is 12.4. The summed E-state index contributed by atoms with van der Waals surface area (Å²) >= 11 is 1.85. The number of carbonyl (C=O) groups is 1. The van der Waals surface area contributed by atoms with E-state index in [1.165, 1.54) is 0 Å². The summed E-state index contributed by atoms with van der Waals surface area (Å²) in [6.45, 7) is 5.75. The van der Waals surface area contributed by atoms with Crippen LogP contribution in [0.1, 0.15) is 18.5 Å². The van der Waals surface area contributed by atoms with Gasteiger partial charge in [0.05, 0.1) is 6.61 Å². The zero-order valence-electron chi connectivity index (χ0n) is 15.7. The average Bonchev–Trinajstić information content (AvgIpc) is 2.73. The van der Waals surface area contributed by atoms with Crippen molar-refractivity contribution in [3.05, 3.63) is 53.0 Å². The number of benzene rings is 1. The maximum absolute atomic E-state index is 12.4. The molecule has 1 saturated heterocycles. The molecule has 0 atom stereocenters. The second-order valence-corrected chi connectivity index (χ2v) is 7.62. The van der Waals surface area contributed by atoms with Crippen molar-refractivity contribution in [3.63, 3.8) is 0 Å². The molecule has 0 aliphatic carbocycles. The first kappa shape index (κ1) is 20.1. The van der Waals surface area contributed by atoms with E-state index in [1.807, 2.05) is 34.9 Å². The van der Waals surface area contributed by atoms with E-state index < -0.39 is 0 Å². The molecule has 1 aliphatic rings. The summed E-state index contributed by atoms with van der Waals surface area (Å²) in [5.74, 6) is 3.07.